The van der Waals surface area contributed by atoms with Gasteiger partial charge in [-0.2, -0.15) is 0 Å². The predicted molar refractivity (Wildman–Crippen MR) is 84.2 cm³/mol. The Balaban J connectivity index is 2.09. The Morgan fingerprint density at radius 1 is 1.38 bits per heavy atom. The van der Waals surface area contributed by atoms with Gasteiger partial charge in [-0.15, -0.1) is 0 Å². The van der Waals surface area contributed by atoms with Crippen molar-refractivity contribution in [1.29, 1.82) is 0 Å². The van der Waals surface area contributed by atoms with Crippen LogP contribution in [0.1, 0.15) is 31.4 Å². The molecule has 1 aromatic rings. The first-order valence-electron chi connectivity index (χ1n) is 7.53. The Hall–Kier alpha value is -1.84. The quantitative estimate of drug-likeness (QED) is 0.925. The molecule has 1 saturated heterocycles. The first-order chi connectivity index (χ1) is 9.88. The van der Waals surface area contributed by atoms with Gasteiger partial charge < -0.3 is 10.2 Å². The van der Waals surface area contributed by atoms with Crippen LogP contribution in [0.2, 0.25) is 0 Å². The fourth-order valence-corrected chi connectivity index (χ4v) is 2.58. The average Bonchev–Trinajstić information content (AvgIpc) is 2.81. The van der Waals surface area contributed by atoms with E-state index in [0.29, 0.717) is 25.4 Å². The second kappa shape index (κ2) is 6.29. The number of carbonyl (C=O) groups is 2. The van der Waals surface area contributed by atoms with Crippen molar-refractivity contribution in [3.05, 3.63) is 29.3 Å². The van der Waals surface area contributed by atoms with Gasteiger partial charge in [0.05, 0.1) is 5.92 Å². The monoisotopic (exact) mass is 288 g/mol. The van der Waals surface area contributed by atoms with Crippen molar-refractivity contribution in [2.75, 3.05) is 18.0 Å². The number of amides is 2. The topological polar surface area (TPSA) is 49.4 Å². The molecule has 114 valence electrons. The van der Waals surface area contributed by atoms with E-state index in [1.807, 2.05) is 32.0 Å². The van der Waals surface area contributed by atoms with Crippen LogP contribution in [-0.2, 0) is 9.59 Å². The highest BCUT2D eigenvalue weighted by molar-refractivity contribution is 6.00. The van der Waals surface area contributed by atoms with Gasteiger partial charge in [0.25, 0.3) is 0 Å². The van der Waals surface area contributed by atoms with Gasteiger partial charge in [-0.3, -0.25) is 9.59 Å². The fourth-order valence-electron chi connectivity index (χ4n) is 2.58. The maximum absolute atomic E-state index is 12.2. The average molecular weight is 288 g/mol. The van der Waals surface area contributed by atoms with Crippen molar-refractivity contribution >= 4 is 17.5 Å². The molecule has 1 unspecified atom stereocenters. The minimum Gasteiger partial charge on any atom is -0.356 e. The molecule has 1 aliphatic heterocycles. The van der Waals surface area contributed by atoms with Crippen molar-refractivity contribution < 1.29 is 9.59 Å². The van der Waals surface area contributed by atoms with Crippen molar-refractivity contribution in [3.8, 4) is 0 Å². The summed E-state index contributed by atoms with van der Waals surface area (Å²) in [7, 11) is 0. The molecule has 1 N–H and O–H groups in total. The molecule has 4 nitrogen and oxygen atoms in total. The van der Waals surface area contributed by atoms with Crippen molar-refractivity contribution in [2.24, 2.45) is 11.8 Å². The molecule has 0 aromatic heterocycles. The zero-order chi connectivity index (χ0) is 15.6. The SMILES string of the molecule is Cc1ccc(C)c(N2CC(C(=O)NCC(C)C)CC2=O)c1. The van der Waals surface area contributed by atoms with Crippen molar-refractivity contribution in [1.82, 2.24) is 5.32 Å². The van der Waals surface area contributed by atoms with Crippen LogP contribution < -0.4 is 10.2 Å². The van der Waals surface area contributed by atoms with Gasteiger partial charge in [-0.25, -0.2) is 0 Å². The lowest BCUT2D eigenvalue weighted by atomic mass is 10.1. The zero-order valence-electron chi connectivity index (χ0n) is 13.3. The number of aryl methyl sites for hydroxylation is 2. The highest BCUT2D eigenvalue weighted by atomic mass is 16.2. The van der Waals surface area contributed by atoms with E-state index in [9.17, 15) is 9.59 Å². The van der Waals surface area contributed by atoms with Crippen LogP contribution in [0.25, 0.3) is 0 Å². The lowest BCUT2D eigenvalue weighted by Crippen LogP contribution is -2.35. The van der Waals surface area contributed by atoms with Crippen molar-refractivity contribution in [3.63, 3.8) is 0 Å². The van der Waals surface area contributed by atoms with E-state index >= 15 is 0 Å². The van der Waals surface area contributed by atoms with E-state index in [1.165, 1.54) is 0 Å². The Kier molecular flexibility index (Phi) is 4.66. The minimum absolute atomic E-state index is 0.00939. The molecule has 0 aliphatic carbocycles. The smallest absolute Gasteiger partial charge is 0.227 e. The van der Waals surface area contributed by atoms with E-state index in [1.54, 1.807) is 4.90 Å². The standard InChI is InChI=1S/C17H24N2O2/c1-11(2)9-18-17(21)14-8-16(20)19(10-14)15-7-12(3)5-6-13(15)4/h5-7,11,14H,8-10H2,1-4H3,(H,18,21). The summed E-state index contributed by atoms with van der Waals surface area (Å²) < 4.78 is 0. The third-order valence-electron chi connectivity index (χ3n) is 3.84. The zero-order valence-corrected chi connectivity index (χ0v) is 13.3. The van der Waals surface area contributed by atoms with Gasteiger partial charge in [0.2, 0.25) is 11.8 Å². The van der Waals surface area contributed by atoms with Gasteiger partial charge in [0.15, 0.2) is 0 Å². The molecule has 0 saturated carbocycles. The number of carbonyl (C=O) groups excluding carboxylic acids is 2. The first-order valence-corrected chi connectivity index (χ1v) is 7.53. The second-order valence-corrected chi connectivity index (χ2v) is 6.33. The van der Waals surface area contributed by atoms with Gasteiger partial charge in [-0.05, 0) is 37.0 Å². The van der Waals surface area contributed by atoms with Gasteiger partial charge in [-0.1, -0.05) is 26.0 Å². The molecular weight excluding hydrogens is 264 g/mol. The number of nitrogens with zero attached hydrogens (tertiary/aromatic N) is 1. The molecule has 1 atom stereocenters. The summed E-state index contributed by atoms with van der Waals surface area (Å²) in [5.74, 6) is 0.204. The molecule has 1 fully saturated rings. The maximum Gasteiger partial charge on any atom is 0.227 e. The Labute approximate surface area is 126 Å². The summed E-state index contributed by atoms with van der Waals surface area (Å²) in [5, 5.41) is 2.92. The van der Waals surface area contributed by atoms with Crippen LogP contribution in [0.3, 0.4) is 0 Å². The van der Waals surface area contributed by atoms with Crippen LogP contribution >= 0.6 is 0 Å². The van der Waals surface area contributed by atoms with Gasteiger partial charge >= 0.3 is 0 Å². The van der Waals surface area contributed by atoms with Crippen LogP contribution in [-0.4, -0.2) is 24.9 Å². The molecule has 1 heterocycles. The van der Waals surface area contributed by atoms with Crippen LogP contribution in [0.4, 0.5) is 5.69 Å². The van der Waals surface area contributed by atoms with E-state index in [-0.39, 0.29) is 17.7 Å². The van der Waals surface area contributed by atoms with Crippen LogP contribution in [0.5, 0.6) is 0 Å². The summed E-state index contributed by atoms with van der Waals surface area (Å²) in [4.78, 5) is 26.1. The number of hydrogen-bond acceptors (Lipinski definition) is 2. The first kappa shape index (κ1) is 15.5. The highest BCUT2D eigenvalue weighted by Gasteiger charge is 2.35. The summed E-state index contributed by atoms with van der Waals surface area (Å²) >= 11 is 0. The Bertz CT molecular complexity index is 552. The molecule has 21 heavy (non-hydrogen) atoms. The molecule has 0 bridgehead atoms. The molecule has 4 heteroatoms. The van der Waals surface area contributed by atoms with E-state index in [4.69, 9.17) is 0 Å². The van der Waals surface area contributed by atoms with Crippen LogP contribution in [0.15, 0.2) is 18.2 Å². The van der Waals surface area contributed by atoms with E-state index in [0.717, 1.165) is 16.8 Å². The molecular formula is C17H24N2O2. The summed E-state index contributed by atoms with van der Waals surface area (Å²) in [6.45, 7) is 9.26. The molecule has 1 aromatic carbocycles. The molecule has 2 amide bonds. The Morgan fingerprint density at radius 2 is 2.10 bits per heavy atom. The minimum atomic E-state index is -0.240. The maximum atomic E-state index is 12.2. The number of rotatable bonds is 4. The van der Waals surface area contributed by atoms with E-state index in [2.05, 4.69) is 19.2 Å². The molecule has 1 aliphatic rings. The van der Waals surface area contributed by atoms with Gasteiger partial charge in [0.1, 0.15) is 0 Å². The Morgan fingerprint density at radius 3 is 2.76 bits per heavy atom. The highest BCUT2D eigenvalue weighted by Crippen LogP contribution is 2.28. The number of benzene rings is 1. The summed E-state index contributed by atoms with van der Waals surface area (Å²) in [6.07, 6.45) is 0.303. The van der Waals surface area contributed by atoms with Crippen LogP contribution in [0, 0.1) is 25.7 Å². The molecule has 0 spiro atoms. The third kappa shape index (κ3) is 3.63. The summed E-state index contributed by atoms with van der Waals surface area (Å²) in [5.41, 5.74) is 3.12. The van der Waals surface area contributed by atoms with E-state index < -0.39 is 0 Å². The lowest BCUT2D eigenvalue weighted by Gasteiger charge is -2.20. The van der Waals surface area contributed by atoms with Gasteiger partial charge in [0, 0.05) is 25.2 Å². The number of anilines is 1. The second-order valence-electron chi connectivity index (χ2n) is 6.33. The normalized spacial score (nSPS) is 18.4. The lowest BCUT2D eigenvalue weighted by molar-refractivity contribution is -0.126. The summed E-state index contributed by atoms with van der Waals surface area (Å²) in [6, 6.07) is 6.07. The largest absolute Gasteiger partial charge is 0.356 e. The van der Waals surface area contributed by atoms with Crippen molar-refractivity contribution in [2.45, 2.75) is 34.1 Å². The molecule has 2 rings (SSSR count). The predicted octanol–water partition coefficient (Wildman–Crippen LogP) is 2.43. The fraction of sp³-hybridized carbons (Fsp3) is 0.529. The molecule has 0 radical (unpaired) electrons. The number of nitrogens with one attached hydrogen (secondary N) is 1. The third-order valence-corrected chi connectivity index (χ3v) is 3.84. The number of hydrogen-bond donors (Lipinski definition) is 1.